The zero-order chi connectivity index (χ0) is 21.8. The van der Waals surface area contributed by atoms with Gasteiger partial charge in [0.2, 0.25) is 0 Å². The highest BCUT2D eigenvalue weighted by molar-refractivity contribution is 6.30. The van der Waals surface area contributed by atoms with Crippen LogP contribution in [0.15, 0.2) is 82.4 Å². The van der Waals surface area contributed by atoms with Gasteiger partial charge >= 0.3 is 5.69 Å². The minimum absolute atomic E-state index is 0.274. The number of aryl methyl sites for hydroxylation is 1. The van der Waals surface area contributed by atoms with Gasteiger partial charge in [-0.3, -0.25) is 14.2 Å². The molecule has 3 aromatic carbocycles. The molecule has 4 rings (SSSR count). The quantitative estimate of drug-likeness (QED) is 0.488. The Hall–Kier alpha value is -3.64. The summed E-state index contributed by atoms with van der Waals surface area (Å²) in [5.41, 5.74) is 1.73. The Bertz CT molecular complexity index is 1360. The monoisotopic (exact) mass is 433 g/mol. The number of halogens is 1. The Kier molecular flexibility index (Phi) is 6.00. The highest BCUT2D eigenvalue weighted by atomic mass is 35.5. The molecule has 4 aromatic rings. The Morgan fingerprint density at radius 3 is 2.48 bits per heavy atom. The summed E-state index contributed by atoms with van der Waals surface area (Å²) < 4.78 is 1.19. The lowest BCUT2D eigenvalue weighted by molar-refractivity contribution is 0.0951. The third kappa shape index (κ3) is 4.75. The van der Waals surface area contributed by atoms with Gasteiger partial charge in [-0.2, -0.15) is 0 Å². The number of amides is 1. The van der Waals surface area contributed by atoms with Crippen molar-refractivity contribution in [2.24, 2.45) is 0 Å². The molecule has 0 unspecified atom stereocenters. The molecule has 0 fully saturated rings. The Labute approximate surface area is 183 Å². The molecule has 1 amide bonds. The van der Waals surface area contributed by atoms with Gasteiger partial charge in [0, 0.05) is 23.7 Å². The van der Waals surface area contributed by atoms with Crippen molar-refractivity contribution in [1.82, 2.24) is 14.9 Å². The zero-order valence-corrected chi connectivity index (χ0v) is 17.4. The highest BCUT2D eigenvalue weighted by Crippen LogP contribution is 2.12. The molecule has 1 aromatic heterocycles. The van der Waals surface area contributed by atoms with Crippen LogP contribution in [0, 0.1) is 0 Å². The molecule has 0 atom stereocenters. The van der Waals surface area contributed by atoms with E-state index in [1.54, 1.807) is 24.3 Å². The number of fused-ring (bicyclic) bond motifs is 1. The molecule has 0 aliphatic rings. The number of carbonyl (C=O) groups is 1. The average Bonchev–Trinajstić information content (AvgIpc) is 2.77. The van der Waals surface area contributed by atoms with E-state index in [-0.39, 0.29) is 18.0 Å². The molecule has 0 spiro atoms. The Balaban J connectivity index is 1.54. The summed E-state index contributed by atoms with van der Waals surface area (Å²) in [4.78, 5) is 40.6. The lowest BCUT2D eigenvalue weighted by Crippen LogP contribution is -2.35. The van der Waals surface area contributed by atoms with Gasteiger partial charge in [-0.15, -0.1) is 0 Å². The van der Waals surface area contributed by atoms with Crippen LogP contribution in [0.25, 0.3) is 10.9 Å². The number of hydrogen-bond donors (Lipinski definition) is 2. The largest absolute Gasteiger partial charge is 0.348 e. The van der Waals surface area contributed by atoms with Gasteiger partial charge in [0.05, 0.1) is 10.9 Å². The summed E-state index contributed by atoms with van der Waals surface area (Å²) in [6.45, 7) is 0.588. The van der Waals surface area contributed by atoms with E-state index in [4.69, 9.17) is 11.6 Å². The van der Waals surface area contributed by atoms with E-state index in [0.717, 1.165) is 11.1 Å². The first kappa shape index (κ1) is 20.6. The number of aromatic nitrogens is 2. The van der Waals surface area contributed by atoms with E-state index in [1.807, 2.05) is 42.5 Å². The summed E-state index contributed by atoms with van der Waals surface area (Å²) >= 11 is 5.96. The van der Waals surface area contributed by atoms with E-state index in [2.05, 4.69) is 10.3 Å². The third-order valence-corrected chi connectivity index (χ3v) is 5.29. The van der Waals surface area contributed by atoms with Crippen molar-refractivity contribution in [1.29, 1.82) is 0 Å². The molecule has 0 aliphatic heterocycles. The van der Waals surface area contributed by atoms with Crippen molar-refractivity contribution in [2.45, 2.75) is 19.5 Å². The molecular weight excluding hydrogens is 414 g/mol. The Morgan fingerprint density at radius 1 is 0.935 bits per heavy atom. The molecule has 0 saturated heterocycles. The number of rotatable bonds is 6. The molecule has 2 N–H and O–H groups in total. The fraction of sp³-hybridized carbons (Fsp3) is 0.125. The van der Waals surface area contributed by atoms with Gasteiger partial charge < -0.3 is 10.3 Å². The van der Waals surface area contributed by atoms with Crippen molar-refractivity contribution < 1.29 is 4.79 Å². The van der Waals surface area contributed by atoms with Crippen molar-refractivity contribution in [2.75, 3.05) is 0 Å². The average molecular weight is 434 g/mol. The normalized spacial score (nSPS) is 10.9. The van der Waals surface area contributed by atoms with Gasteiger partial charge in [0.1, 0.15) is 0 Å². The maximum absolute atomic E-state index is 12.8. The van der Waals surface area contributed by atoms with Gasteiger partial charge in [0.15, 0.2) is 0 Å². The van der Waals surface area contributed by atoms with Crippen molar-refractivity contribution >= 4 is 28.4 Å². The van der Waals surface area contributed by atoms with Gasteiger partial charge in [-0.05, 0) is 47.9 Å². The topological polar surface area (TPSA) is 84.0 Å². The maximum Gasteiger partial charge on any atom is 0.328 e. The lowest BCUT2D eigenvalue weighted by Gasteiger charge is -2.09. The first-order valence-electron chi connectivity index (χ1n) is 9.85. The zero-order valence-electron chi connectivity index (χ0n) is 16.6. The van der Waals surface area contributed by atoms with Crippen molar-refractivity contribution in [3.8, 4) is 0 Å². The molecule has 0 aliphatic carbocycles. The van der Waals surface area contributed by atoms with Crippen LogP contribution in [-0.2, 0) is 19.5 Å². The summed E-state index contributed by atoms with van der Waals surface area (Å²) in [7, 11) is 0. The minimum atomic E-state index is -0.495. The number of nitrogens with zero attached hydrogens (tertiary/aromatic N) is 1. The third-order valence-electron chi connectivity index (χ3n) is 5.05. The summed E-state index contributed by atoms with van der Waals surface area (Å²) in [5, 5.41) is 3.77. The molecule has 1 heterocycles. The smallest absolute Gasteiger partial charge is 0.328 e. The SMILES string of the molecule is O=C(NCc1cccc(Cl)c1)c1ccc2c(=O)n(CCc3ccccc3)c(=O)[nH]c2c1. The predicted molar refractivity (Wildman–Crippen MR) is 122 cm³/mol. The number of hydrogen-bond acceptors (Lipinski definition) is 3. The number of carbonyl (C=O) groups excluding carboxylic acids is 1. The van der Waals surface area contributed by atoms with Crippen LogP contribution in [0.5, 0.6) is 0 Å². The van der Waals surface area contributed by atoms with Crippen LogP contribution >= 0.6 is 11.6 Å². The molecule has 0 saturated carbocycles. The fourth-order valence-corrected chi connectivity index (χ4v) is 3.63. The van der Waals surface area contributed by atoms with Gasteiger partial charge in [-0.1, -0.05) is 54.1 Å². The summed E-state index contributed by atoms with van der Waals surface area (Å²) in [6, 6.07) is 21.5. The number of H-pyrrole nitrogens is 1. The van der Waals surface area contributed by atoms with Crippen molar-refractivity contribution in [3.05, 3.63) is 115 Å². The second-order valence-electron chi connectivity index (χ2n) is 7.20. The van der Waals surface area contributed by atoms with Crippen LogP contribution in [0.2, 0.25) is 5.02 Å². The molecule has 6 nitrogen and oxygen atoms in total. The second kappa shape index (κ2) is 9.02. The number of aromatic amines is 1. The first-order valence-corrected chi connectivity index (χ1v) is 10.2. The van der Waals surface area contributed by atoms with E-state index in [0.29, 0.717) is 34.5 Å². The molecule has 0 radical (unpaired) electrons. The van der Waals surface area contributed by atoms with E-state index in [1.165, 1.54) is 10.6 Å². The van der Waals surface area contributed by atoms with E-state index >= 15 is 0 Å². The Morgan fingerprint density at radius 2 is 1.71 bits per heavy atom. The fourth-order valence-electron chi connectivity index (χ4n) is 3.42. The molecule has 31 heavy (non-hydrogen) atoms. The van der Waals surface area contributed by atoms with Crippen molar-refractivity contribution in [3.63, 3.8) is 0 Å². The standard InChI is InChI=1S/C24H20ClN3O3/c25-19-8-4-7-17(13-19)15-26-22(29)18-9-10-20-21(14-18)27-24(31)28(23(20)30)12-11-16-5-2-1-3-6-16/h1-10,13-14H,11-12,15H2,(H,26,29)(H,27,31). The van der Waals surface area contributed by atoms with Crippen LogP contribution < -0.4 is 16.6 Å². The molecule has 156 valence electrons. The number of nitrogens with one attached hydrogen (secondary N) is 2. The molecular formula is C24H20ClN3O3. The second-order valence-corrected chi connectivity index (χ2v) is 7.63. The number of benzene rings is 3. The first-order chi connectivity index (χ1) is 15.0. The van der Waals surface area contributed by atoms with Crippen LogP contribution in [0.4, 0.5) is 0 Å². The molecule has 0 bridgehead atoms. The van der Waals surface area contributed by atoms with E-state index in [9.17, 15) is 14.4 Å². The lowest BCUT2D eigenvalue weighted by atomic mass is 10.1. The summed E-state index contributed by atoms with van der Waals surface area (Å²) in [6.07, 6.45) is 0.569. The highest BCUT2D eigenvalue weighted by Gasteiger charge is 2.12. The van der Waals surface area contributed by atoms with E-state index < -0.39 is 5.69 Å². The van der Waals surface area contributed by atoms with Gasteiger partial charge in [-0.25, -0.2) is 4.79 Å². The van der Waals surface area contributed by atoms with Crippen LogP contribution in [0.1, 0.15) is 21.5 Å². The molecule has 7 heteroatoms. The van der Waals surface area contributed by atoms with Gasteiger partial charge in [0.25, 0.3) is 11.5 Å². The maximum atomic E-state index is 12.8. The summed E-state index contributed by atoms with van der Waals surface area (Å²) in [5.74, 6) is -0.309. The predicted octanol–water partition coefficient (Wildman–Crippen LogP) is 3.52. The minimum Gasteiger partial charge on any atom is -0.348 e. The van der Waals surface area contributed by atoms with Crippen LogP contribution in [0.3, 0.4) is 0 Å². The van der Waals surface area contributed by atoms with Crippen LogP contribution in [-0.4, -0.2) is 15.5 Å².